The molecular formula is C26H32N2O6. The van der Waals surface area contributed by atoms with Crippen LogP contribution in [0.25, 0.3) is 0 Å². The molecule has 8 heteroatoms. The highest BCUT2D eigenvalue weighted by Crippen LogP contribution is 2.39. The van der Waals surface area contributed by atoms with Crippen molar-refractivity contribution in [1.82, 2.24) is 5.32 Å². The van der Waals surface area contributed by atoms with E-state index in [0.29, 0.717) is 5.56 Å². The molecule has 0 aromatic heterocycles. The second-order valence-corrected chi connectivity index (χ2v) is 9.17. The molecule has 0 aliphatic carbocycles. The fourth-order valence-electron chi connectivity index (χ4n) is 3.82. The first kappa shape index (κ1) is 25.2. The summed E-state index contributed by atoms with van der Waals surface area (Å²) in [5.74, 6) is -1.94. The predicted molar refractivity (Wildman–Crippen MR) is 126 cm³/mol. The van der Waals surface area contributed by atoms with E-state index in [0.717, 1.165) is 5.56 Å². The van der Waals surface area contributed by atoms with Crippen molar-refractivity contribution in [2.75, 3.05) is 6.61 Å². The van der Waals surface area contributed by atoms with Crippen LogP contribution in [-0.4, -0.2) is 42.3 Å². The number of fused-ring (bicyclic) bond motifs is 1. The molecule has 3 rings (SSSR count). The first-order chi connectivity index (χ1) is 16.1. The number of ether oxygens (including phenoxy) is 3. The Hall–Kier alpha value is -3.39. The molecule has 0 bridgehead atoms. The van der Waals surface area contributed by atoms with Gasteiger partial charge < -0.3 is 19.5 Å². The van der Waals surface area contributed by atoms with E-state index in [1.54, 1.807) is 45.9 Å². The summed E-state index contributed by atoms with van der Waals surface area (Å²) in [6, 6.07) is 13.4. The molecule has 0 saturated carbocycles. The standard InChI is InChI=1S/C26H32N2O6/c1-5-32-25(31)20(14-16-10-7-6-8-11-16)28-23(29)18-13-9-12-17-19(15-21(27)33-22(17)18)24(30)34-26(2,3)4/h6-13,19-21H,5,14-15,27H2,1-4H3,(H,28,29)/t19?,20-,21?/m0/s1. The van der Waals surface area contributed by atoms with E-state index in [-0.39, 0.29) is 30.8 Å². The van der Waals surface area contributed by atoms with Gasteiger partial charge in [-0.15, -0.1) is 0 Å². The maximum Gasteiger partial charge on any atom is 0.328 e. The Morgan fingerprint density at radius 1 is 1.12 bits per heavy atom. The third-order valence-electron chi connectivity index (χ3n) is 5.25. The Bertz CT molecular complexity index is 1030. The molecule has 0 spiro atoms. The number of nitrogens with one attached hydrogen (secondary N) is 1. The zero-order valence-electron chi connectivity index (χ0n) is 20.0. The van der Waals surface area contributed by atoms with Gasteiger partial charge in [-0.25, -0.2) is 4.79 Å². The molecule has 34 heavy (non-hydrogen) atoms. The number of hydrogen-bond donors (Lipinski definition) is 2. The number of amides is 1. The average Bonchev–Trinajstić information content (AvgIpc) is 2.77. The fourth-order valence-corrected chi connectivity index (χ4v) is 3.82. The van der Waals surface area contributed by atoms with Gasteiger partial charge in [-0.05, 0) is 39.3 Å². The molecule has 8 nitrogen and oxygen atoms in total. The SMILES string of the molecule is CCOC(=O)[C@H](Cc1ccccc1)NC(=O)c1cccc2c1OC(N)CC2C(=O)OC(C)(C)C. The number of para-hydroxylation sites is 1. The highest BCUT2D eigenvalue weighted by molar-refractivity contribution is 6.00. The molecular weight excluding hydrogens is 436 g/mol. The van der Waals surface area contributed by atoms with E-state index in [2.05, 4.69) is 5.32 Å². The monoisotopic (exact) mass is 468 g/mol. The van der Waals surface area contributed by atoms with Crippen molar-refractivity contribution in [3.8, 4) is 5.75 Å². The Kier molecular flexibility index (Phi) is 7.94. The van der Waals surface area contributed by atoms with Crippen molar-refractivity contribution < 1.29 is 28.6 Å². The van der Waals surface area contributed by atoms with Crippen LogP contribution < -0.4 is 15.8 Å². The van der Waals surface area contributed by atoms with Gasteiger partial charge in [-0.1, -0.05) is 42.5 Å². The van der Waals surface area contributed by atoms with Crippen molar-refractivity contribution in [2.24, 2.45) is 5.73 Å². The summed E-state index contributed by atoms with van der Waals surface area (Å²) in [5.41, 5.74) is 6.98. The lowest BCUT2D eigenvalue weighted by Gasteiger charge is -2.32. The molecule has 0 saturated heterocycles. The number of rotatable bonds is 7. The lowest BCUT2D eigenvalue weighted by atomic mass is 9.89. The molecule has 1 aliphatic rings. The number of hydrogen-bond acceptors (Lipinski definition) is 7. The van der Waals surface area contributed by atoms with E-state index >= 15 is 0 Å². The van der Waals surface area contributed by atoms with Crippen LogP contribution in [0.4, 0.5) is 0 Å². The highest BCUT2D eigenvalue weighted by Gasteiger charge is 2.37. The van der Waals surface area contributed by atoms with E-state index in [4.69, 9.17) is 19.9 Å². The Balaban J connectivity index is 1.89. The summed E-state index contributed by atoms with van der Waals surface area (Å²) >= 11 is 0. The van der Waals surface area contributed by atoms with Crippen LogP contribution in [0.2, 0.25) is 0 Å². The van der Waals surface area contributed by atoms with Crippen molar-refractivity contribution in [3.63, 3.8) is 0 Å². The fraction of sp³-hybridized carbons (Fsp3) is 0.423. The third-order valence-corrected chi connectivity index (χ3v) is 5.25. The molecule has 182 valence electrons. The summed E-state index contributed by atoms with van der Waals surface area (Å²) in [6.45, 7) is 7.26. The second-order valence-electron chi connectivity index (χ2n) is 9.17. The molecule has 2 aromatic carbocycles. The van der Waals surface area contributed by atoms with E-state index < -0.39 is 41.6 Å². The smallest absolute Gasteiger partial charge is 0.328 e. The van der Waals surface area contributed by atoms with Crippen molar-refractivity contribution in [1.29, 1.82) is 0 Å². The number of carbonyl (C=O) groups excluding carboxylic acids is 3. The van der Waals surface area contributed by atoms with Gasteiger partial charge in [-0.3, -0.25) is 15.3 Å². The maximum atomic E-state index is 13.3. The first-order valence-corrected chi connectivity index (χ1v) is 11.4. The number of benzene rings is 2. The number of carbonyl (C=O) groups is 3. The minimum Gasteiger partial charge on any atom is -0.474 e. The summed E-state index contributed by atoms with van der Waals surface area (Å²) < 4.78 is 16.5. The molecule has 0 fully saturated rings. The second kappa shape index (κ2) is 10.7. The summed E-state index contributed by atoms with van der Waals surface area (Å²) in [4.78, 5) is 38.7. The van der Waals surface area contributed by atoms with Gasteiger partial charge in [0.05, 0.1) is 18.1 Å². The van der Waals surface area contributed by atoms with Crippen LogP contribution in [0.5, 0.6) is 5.75 Å². The van der Waals surface area contributed by atoms with Crippen molar-refractivity contribution >= 4 is 17.8 Å². The molecule has 1 amide bonds. The minimum absolute atomic E-state index is 0.184. The largest absolute Gasteiger partial charge is 0.474 e. The van der Waals surface area contributed by atoms with Gasteiger partial charge in [0.1, 0.15) is 23.6 Å². The number of esters is 2. The summed E-state index contributed by atoms with van der Waals surface area (Å²) in [6.07, 6.45) is -0.294. The molecule has 1 aliphatic heterocycles. The first-order valence-electron chi connectivity index (χ1n) is 11.4. The lowest BCUT2D eigenvalue weighted by Crippen LogP contribution is -2.44. The van der Waals surface area contributed by atoms with Crippen LogP contribution >= 0.6 is 0 Å². The molecule has 3 N–H and O–H groups in total. The quantitative estimate of drug-likeness (QED) is 0.600. The zero-order valence-corrected chi connectivity index (χ0v) is 20.0. The van der Waals surface area contributed by atoms with Crippen molar-refractivity contribution in [2.45, 2.75) is 64.3 Å². The van der Waals surface area contributed by atoms with Gasteiger partial charge >= 0.3 is 11.9 Å². The Labute approximate surface area is 199 Å². The highest BCUT2D eigenvalue weighted by atomic mass is 16.6. The molecule has 0 radical (unpaired) electrons. The van der Waals surface area contributed by atoms with E-state index in [9.17, 15) is 14.4 Å². The molecule has 1 heterocycles. The predicted octanol–water partition coefficient (Wildman–Crippen LogP) is 3.08. The van der Waals surface area contributed by atoms with Crippen molar-refractivity contribution in [3.05, 3.63) is 65.2 Å². The third kappa shape index (κ3) is 6.35. The normalized spacial score (nSPS) is 18.1. The summed E-state index contributed by atoms with van der Waals surface area (Å²) in [7, 11) is 0. The van der Waals surface area contributed by atoms with Crippen LogP contribution in [0, 0.1) is 0 Å². The van der Waals surface area contributed by atoms with E-state index in [1.807, 2.05) is 30.3 Å². The Morgan fingerprint density at radius 2 is 1.82 bits per heavy atom. The molecule has 3 atom stereocenters. The number of nitrogens with two attached hydrogens (primary N) is 1. The van der Waals surface area contributed by atoms with Crippen LogP contribution in [0.1, 0.15) is 61.5 Å². The summed E-state index contributed by atoms with van der Waals surface area (Å²) in [5, 5.41) is 2.76. The van der Waals surface area contributed by atoms with Gasteiger partial charge in [0.2, 0.25) is 0 Å². The Morgan fingerprint density at radius 3 is 2.47 bits per heavy atom. The average molecular weight is 469 g/mol. The van der Waals surface area contributed by atoms with E-state index in [1.165, 1.54) is 0 Å². The van der Waals surface area contributed by atoms with Gasteiger partial charge in [0.15, 0.2) is 0 Å². The maximum absolute atomic E-state index is 13.3. The van der Waals surface area contributed by atoms with Crippen LogP contribution in [-0.2, 0) is 25.5 Å². The van der Waals surface area contributed by atoms with Gasteiger partial charge in [0.25, 0.3) is 5.91 Å². The lowest BCUT2D eigenvalue weighted by molar-refractivity contribution is -0.158. The molecule has 2 aromatic rings. The minimum atomic E-state index is -0.898. The molecule has 2 unspecified atom stereocenters. The van der Waals surface area contributed by atoms with Crippen LogP contribution in [0.15, 0.2) is 48.5 Å². The van der Waals surface area contributed by atoms with Gasteiger partial charge in [-0.2, -0.15) is 0 Å². The topological polar surface area (TPSA) is 117 Å². The van der Waals surface area contributed by atoms with Gasteiger partial charge in [0, 0.05) is 18.4 Å². The van der Waals surface area contributed by atoms with Crippen LogP contribution in [0.3, 0.4) is 0 Å². The zero-order chi connectivity index (χ0) is 24.9.